The molecule has 2 heterocycles. The van der Waals surface area contributed by atoms with Crippen molar-refractivity contribution < 1.29 is 5.11 Å². The fourth-order valence-electron chi connectivity index (χ4n) is 1.69. The largest absolute Gasteiger partial charge is 0.391 e. The quantitative estimate of drug-likeness (QED) is 0.591. The van der Waals surface area contributed by atoms with Gasteiger partial charge in [-0.1, -0.05) is 0 Å². The van der Waals surface area contributed by atoms with Gasteiger partial charge in [0.15, 0.2) is 0 Å². The highest BCUT2D eigenvalue weighted by atomic mass is 16.3. The molecule has 66 valence electrons. The predicted molar refractivity (Wildman–Crippen MR) is 44.8 cm³/mol. The lowest BCUT2D eigenvalue weighted by molar-refractivity contribution is 0.175. The van der Waals surface area contributed by atoms with Crippen molar-refractivity contribution >= 4 is 0 Å². The number of aryl methyl sites for hydroxylation is 1. The molecule has 0 aliphatic carbocycles. The monoisotopic (exact) mass is 167 g/mol. The molecule has 4 heteroatoms. The van der Waals surface area contributed by atoms with Crippen molar-refractivity contribution in [3.05, 3.63) is 18.2 Å². The summed E-state index contributed by atoms with van der Waals surface area (Å²) in [6, 6.07) is 0. The molecule has 1 aromatic rings. The van der Waals surface area contributed by atoms with Gasteiger partial charge in [0.1, 0.15) is 0 Å². The normalized spacial score (nSPS) is 29.5. The number of hydrogen-bond acceptors (Lipinski definition) is 3. The summed E-state index contributed by atoms with van der Waals surface area (Å²) in [7, 11) is 1.95. The summed E-state index contributed by atoms with van der Waals surface area (Å²) in [4.78, 5) is 4.02. The molecule has 1 aliphatic heterocycles. The molecule has 1 aliphatic rings. The van der Waals surface area contributed by atoms with E-state index in [4.69, 9.17) is 0 Å². The fraction of sp³-hybridized carbons (Fsp3) is 0.625. The second-order valence-corrected chi connectivity index (χ2v) is 3.26. The summed E-state index contributed by atoms with van der Waals surface area (Å²) in [5.74, 6) is 0.206. The molecule has 12 heavy (non-hydrogen) atoms. The number of aromatic nitrogens is 2. The number of imidazole rings is 1. The molecule has 4 nitrogen and oxygen atoms in total. The van der Waals surface area contributed by atoms with Crippen LogP contribution in [-0.4, -0.2) is 33.9 Å². The third-order valence-electron chi connectivity index (χ3n) is 2.42. The van der Waals surface area contributed by atoms with Crippen LogP contribution in [0.2, 0.25) is 0 Å². The minimum absolute atomic E-state index is 0.206. The van der Waals surface area contributed by atoms with Gasteiger partial charge in [0.25, 0.3) is 0 Å². The van der Waals surface area contributed by atoms with Crippen molar-refractivity contribution in [2.45, 2.75) is 12.0 Å². The SMILES string of the molecule is Cn1cncc1C1CNCC1O. The van der Waals surface area contributed by atoms with Crippen LogP contribution in [0.3, 0.4) is 0 Å². The van der Waals surface area contributed by atoms with Crippen LogP contribution in [0.5, 0.6) is 0 Å². The number of nitrogens with zero attached hydrogens (tertiary/aromatic N) is 2. The van der Waals surface area contributed by atoms with Crippen molar-refractivity contribution in [3.8, 4) is 0 Å². The van der Waals surface area contributed by atoms with Crippen LogP contribution in [0.15, 0.2) is 12.5 Å². The zero-order valence-electron chi connectivity index (χ0n) is 7.07. The maximum Gasteiger partial charge on any atom is 0.0945 e. The predicted octanol–water partition coefficient (Wildman–Crippen LogP) is -0.532. The molecule has 2 unspecified atom stereocenters. The molecule has 0 aromatic carbocycles. The van der Waals surface area contributed by atoms with Crippen LogP contribution in [-0.2, 0) is 7.05 Å². The molecule has 0 bridgehead atoms. The minimum Gasteiger partial charge on any atom is -0.391 e. The van der Waals surface area contributed by atoms with Crippen molar-refractivity contribution in [2.24, 2.45) is 7.05 Å². The van der Waals surface area contributed by atoms with Gasteiger partial charge >= 0.3 is 0 Å². The van der Waals surface area contributed by atoms with Gasteiger partial charge in [-0.3, -0.25) is 0 Å². The summed E-state index contributed by atoms with van der Waals surface area (Å²) < 4.78 is 1.96. The molecule has 0 amide bonds. The molecule has 0 radical (unpaired) electrons. The van der Waals surface area contributed by atoms with Crippen molar-refractivity contribution in [2.75, 3.05) is 13.1 Å². The lowest BCUT2D eigenvalue weighted by Crippen LogP contribution is -2.18. The Morgan fingerprint density at radius 3 is 3.00 bits per heavy atom. The number of nitrogens with one attached hydrogen (secondary N) is 1. The minimum atomic E-state index is -0.264. The number of aliphatic hydroxyl groups is 1. The Labute approximate surface area is 71.2 Å². The van der Waals surface area contributed by atoms with Gasteiger partial charge in [0, 0.05) is 37.9 Å². The first-order valence-electron chi connectivity index (χ1n) is 4.14. The smallest absolute Gasteiger partial charge is 0.0945 e. The lowest BCUT2D eigenvalue weighted by Gasteiger charge is -2.12. The average Bonchev–Trinajstić information content (AvgIpc) is 2.59. The topological polar surface area (TPSA) is 50.1 Å². The van der Waals surface area contributed by atoms with Crippen molar-refractivity contribution in [1.29, 1.82) is 0 Å². The molecule has 1 aromatic heterocycles. The van der Waals surface area contributed by atoms with Crippen molar-refractivity contribution in [3.63, 3.8) is 0 Å². The van der Waals surface area contributed by atoms with E-state index in [9.17, 15) is 5.11 Å². The van der Waals surface area contributed by atoms with E-state index >= 15 is 0 Å². The van der Waals surface area contributed by atoms with Crippen LogP contribution in [0.4, 0.5) is 0 Å². The molecule has 1 saturated heterocycles. The second-order valence-electron chi connectivity index (χ2n) is 3.26. The van der Waals surface area contributed by atoms with E-state index in [2.05, 4.69) is 10.3 Å². The number of rotatable bonds is 1. The van der Waals surface area contributed by atoms with Gasteiger partial charge in [-0.15, -0.1) is 0 Å². The highest BCUT2D eigenvalue weighted by Gasteiger charge is 2.28. The summed E-state index contributed by atoms with van der Waals surface area (Å²) in [6.45, 7) is 1.54. The third-order valence-corrected chi connectivity index (χ3v) is 2.42. The number of β-amino-alcohol motifs (C(OH)–C–C–N with tert-alkyl or cyclic N) is 1. The van der Waals surface area contributed by atoms with E-state index in [1.807, 2.05) is 17.8 Å². The highest BCUT2D eigenvalue weighted by Crippen LogP contribution is 2.21. The Balaban J connectivity index is 2.24. The molecular weight excluding hydrogens is 154 g/mol. The Morgan fingerprint density at radius 2 is 2.50 bits per heavy atom. The molecular formula is C8H13N3O. The zero-order chi connectivity index (χ0) is 8.55. The number of hydrogen-bond donors (Lipinski definition) is 2. The standard InChI is InChI=1S/C8H13N3O/c1-11-5-10-3-7(11)6-2-9-4-8(6)12/h3,5-6,8-9,12H,2,4H2,1H3. The van der Waals surface area contributed by atoms with Gasteiger partial charge in [0.2, 0.25) is 0 Å². The van der Waals surface area contributed by atoms with E-state index in [0.717, 1.165) is 12.2 Å². The summed E-state index contributed by atoms with van der Waals surface area (Å²) in [5.41, 5.74) is 1.10. The van der Waals surface area contributed by atoms with Gasteiger partial charge in [-0.25, -0.2) is 4.98 Å². The van der Waals surface area contributed by atoms with E-state index in [1.54, 1.807) is 6.33 Å². The van der Waals surface area contributed by atoms with E-state index < -0.39 is 0 Å². The summed E-state index contributed by atoms with van der Waals surface area (Å²) in [6.07, 6.45) is 3.32. The molecule has 0 spiro atoms. The van der Waals surface area contributed by atoms with Gasteiger partial charge in [-0.05, 0) is 0 Å². The first-order chi connectivity index (χ1) is 5.79. The van der Waals surface area contributed by atoms with Gasteiger partial charge < -0.3 is 15.0 Å². The van der Waals surface area contributed by atoms with Gasteiger partial charge in [-0.2, -0.15) is 0 Å². The molecule has 1 fully saturated rings. The van der Waals surface area contributed by atoms with Crippen LogP contribution >= 0.6 is 0 Å². The van der Waals surface area contributed by atoms with E-state index in [1.165, 1.54) is 0 Å². The molecule has 2 atom stereocenters. The average molecular weight is 167 g/mol. The first-order valence-corrected chi connectivity index (χ1v) is 4.14. The first kappa shape index (κ1) is 7.76. The van der Waals surface area contributed by atoms with E-state index in [0.29, 0.717) is 6.54 Å². The summed E-state index contributed by atoms with van der Waals surface area (Å²) in [5, 5.41) is 12.7. The van der Waals surface area contributed by atoms with E-state index in [-0.39, 0.29) is 12.0 Å². The number of aliphatic hydroxyl groups excluding tert-OH is 1. The maximum atomic E-state index is 9.58. The Hall–Kier alpha value is -0.870. The van der Waals surface area contributed by atoms with Gasteiger partial charge in [0.05, 0.1) is 12.4 Å². The fourth-order valence-corrected chi connectivity index (χ4v) is 1.69. The van der Waals surface area contributed by atoms with Crippen LogP contribution in [0, 0.1) is 0 Å². The van der Waals surface area contributed by atoms with Crippen LogP contribution < -0.4 is 5.32 Å². The van der Waals surface area contributed by atoms with Crippen LogP contribution in [0.25, 0.3) is 0 Å². The lowest BCUT2D eigenvalue weighted by atomic mass is 10.0. The van der Waals surface area contributed by atoms with Crippen molar-refractivity contribution in [1.82, 2.24) is 14.9 Å². The zero-order valence-corrected chi connectivity index (χ0v) is 7.07. The molecule has 2 rings (SSSR count). The summed E-state index contributed by atoms with van der Waals surface area (Å²) >= 11 is 0. The highest BCUT2D eigenvalue weighted by molar-refractivity contribution is 5.11. The van der Waals surface area contributed by atoms with Crippen LogP contribution in [0.1, 0.15) is 11.6 Å². The Bertz CT molecular complexity index is 271. The Morgan fingerprint density at radius 1 is 1.67 bits per heavy atom. The molecule has 2 N–H and O–H groups in total. The third kappa shape index (κ3) is 1.13. The maximum absolute atomic E-state index is 9.58. The second kappa shape index (κ2) is 2.88. The Kier molecular flexibility index (Phi) is 1.86. The molecule has 0 saturated carbocycles.